The van der Waals surface area contributed by atoms with E-state index in [-0.39, 0.29) is 50.2 Å². The first kappa shape index (κ1) is 50.3. The maximum absolute atomic E-state index is 2.86. The summed E-state index contributed by atoms with van der Waals surface area (Å²) in [5.41, 5.74) is 22.4. The lowest BCUT2D eigenvalue weighted by Crippen LogP contribution is -2.62. The van der Waals surface area contributed by atoms with Gasteiger partial charge in [-0.05, 0) is 169 Å². The average Bonchev–Trinajstić information content (AvgIpc) is 3.48. The highest BCUT2D eigenvalue weighted by Crippen LogP contribution is 2.64. The van der Waals surface area contributed by atoms with E-state index in [9.17, 15) is 0 Å². The third-order valence-corrected chi connectivity index (χ3v) is 18.2. The summed E-state index contributed by atoms with van der Waals surface area (Å²) >= 11 is 0. The normalized spacial score (nSPS) is 21.0. The molecule has 0 bridgehead atoms. The molecule has 72 heavy (non-hydrogen) atoms. The molecule has 1 saturated carbocycles. The van der Waals surface area contributed by atoms with Crippen LogP contribution in [0.5, 0.6) is 0 Å². The van der Waals surface area contributed by atoms with Gasteiger partial charge in [0.15, 0.2) is 0 Å². The van der Waals surface area contributed by atoms with Gasteiger partial charge in [0.25, 0.3) is 6.71 Å². The van der Waals surface area contributed by atoms with Gasteiger partial charge in [0.1, 0.15) is 0 Å². The number of anilines is 8. The molecule has 0 radical (unpaired) electrons. The van der Waals surface area contributed by atoms with E-state index in [0.717, 1.165) is 12.8 Å². The van der Waals surface area contributed by atoms with Crippen molar-refractivity contribution in [1.82, 2.24) is 0 Å². The van der Waals surface area contributed by atoms with Crippen molar-refractivity contribution in [2.75, 3.05) is 14.7 Å². The quantitative estimate of drug-likeness (QED) is 0.163. The van der Waals surface area contributed by atoms with Crippen LogP contribution in [0.15, 0.2) is 115 Å². The second-order valence-corrected chi connectivity index (χ2v) is 29.4. The molecule has 6 aromatic carbocycles. The van der Waals surface area contributed by atoms with E-state index in [0.29, 0.717) is 5.92 Å². The van der Waals surface area contributed by atoms with Crippen molar-refractivity contribution in [2.24, 2.45) is 11.3 Å². The van der Waals surface area contributed by atoms with Crippen LogP contribution in [-0.2, 0) is 32.5 Å². The molecule has 376 valence electrons. The monoisotopic (exact) mass is 956 g/mol. The van der Waals surface area contributed by atoms with Crippen LogP contribution < -0.4 is 31.1 Å². The van der Waals surface area contributed by atoms with E-state index in [2.05, 4.69) is 268 Å². The minimum Gasteiger partial charge on any atom is -0.334 e. The van der Waals surface area contributed by atoms with E-state index < -0.39 is 0 Å². The smallest absolute Gasteiger partial charge is 0.252 e. The van der Waals surface area contributed by atoms with Crippen molar-refractivity contribution in [3.63, 3.8) is 0 Å². The Kier molecular flexibility index (Phi) is 11.3. The van der Waals surface area contributed by atoms with Crippen LogP contribution in [0.2, 0.25) is 0 Å². The van der Waals surface area contributed by atoms with Crippen molar-refractivity contribution in [2.45, 2.75) is 196 Å². The van der Waals surface area contributed by atoms with E-state index in [4.69, 9.17) is 0 Å². The second kappa shape index (κ2) is 16.1. The molecule has 3 unspecified atom stereocenters. The zero-order valence-electron chi connectivity index (χ0n) is 48.1. The van der Waals surface area contributed by atoms with Crippen LogP contribution in [0.4, 0.5) is 45.5 Å². The molecule has 0 saturated heterocycles. The van der Waals surface area contributed by atoms with Crippen molar-refractivity contribution in [3.8, 4) is 0 Å². The Hall–Kier alpha value is -5.22. The number of fused-ring (bicyclic) bond motifs is 7. The van der Waals surface area contributed by atoms with Crippen LogP contribution in [0.1, 0.15) is 191 Å². The molecule has 0 spiro atoms. The lowest BCUT2D eigenvalue weighted by atomic mass is 9.33. The van der Waals surface area contributed by atoms with Gasteiger partial charge in [-0.1, -0.05) is 192 Å². The molecule has 6 aromatic rings. The molecule has 0 aromatic heterocycles. The summed E-state index contributed by atoms with van der Waals surface area (Å²) in [6.45, 7) is 48.1. The highest BCUT2D eigenvalue weighted by molar-refractivity contribution is 7.00. The number of benzene rings is 6. The van der Waals surface area contributed by atoms with Crippen molar-refractivity contribution in [1.29, 1.82) is 0 Å². The molecule has 1 fully saturated rings. The lowest BCUT2D eigenvalue weighted by molar-refractivity contribution is 0.0786. The average molecular weight is 956 g/mol. The van der Waals surface area contributed by atoms with Gasteiger partial charge in [0.2, 0.25) is 0 Å². The molecular weight excluding hydrogens is 870 g/mol. The Morgan fingerprint density at radius 3 is 1.28 bits per heavy atom. The van der Waals surface area contributed by atoms with Gasteiger partial charge in [-0.3, -0.25) is 0 Å². The van der Waals surface area contributed by atoms with Gasteiger partial charge < -0.3 is 14.7 Å². The third-order valence-electron chi connectivity index (χ3n) is 18.2. The SMILES string of the molecule is CC(C)(C)c1cccc(N2c3cc(C(C)(C)C)ccc3B3c4ccc(C(C)(C)C)cc4N(c4cccc(C(C)(C)C)c4)c4cc(N5c6ccc(C(C)(C)C)cc6C6(C)CC(C(C)(C)C)CCC56C)cc2c43)c1. The van der Waals surface area contributed by atoms with Gasteiger partial charge in [0, 0.05) is 50.9 Å². The van der Waals surface area contributed by atoms with Crippen LogP contribution in [-0.4, -0.2) is 12.3 Å². The molecule has 0 N–H and O–H groups in total. The summed E-state index contributed by atoms with van der Waals surface area (Å²) in [7, 11) is 0. The predicted octanol–water partition coefficient (Wildman–Crippen LogP) is 17.3. The summed E-state index contributed by atoms with van der Waals surface area (Å²) in [4.78, 5) is 8.21. The van der Waals surface area contributed by atoms with E-state index in [1.165, 1.54) is 102 Å². The Morgan fingerprint density at radius 1 is 0.431 bits per heavy atom. The molecule has 3 heterocycles. The molecule has 1 aliphatic carbocycles. The molecule has 4 aliphatic rings. The van der Waals surface area contributed by atoms with Crippen molar-refractivity contribution < 1.29 is 0 Å². The van der Waals surface area contributed by atoms with Crippen molar-refractivity contribution in [3.05, 3.63) is 149 Å². The summed E-state index contributed by atoms with van der Waals surface area (Å²) in [6, 6.07) is 46.7. The predicted molar refractivity (Wildman–Crippen MR) is 315 cm³/mol. The van der Waals surface area contributed by atoms with Gasteiger partial charge in [-0.25, -0.2) is 0 Å². The van der Waals surface area contributed by atoms with Crippen LogP contribution in [0, 0.1) is 11.3 Å². The molecule has 10 rings (SSSR count). The van der Waals surface area contributed by atoms with Gasteiger partial charge in [-0.2, -0.15) is 0 Å². The van der Waals surface area contributed by atoms with E-state index >= 15 is 0 Å². The Labute approximate surface area is 436 Å². The second-order valence-electron chi connectivity index (χ2n) is 29.4. The summed E-state index contributed by atoms with van der Waals surface area (Å²) in [5.74, 6) is 0.616. The Bertz CT molecular complexity index is 2980. The number of nitrogens with zero attached hydrogens (tertiary/aromatic N) is 3. The van der Waals surface area contributed by atoms with Crippen LogP contribution in [0.25, 0.3) is 0 Å². The minimum absolute atomic E-state index is 0.0180. The van der Waals surface area contributed by atoms with E-state index in [1.807, 2.05) is 0 Å². The Morgan fingerprint density at radius 2 is 0.847 bits per heavy atom. The fourth-order valence-electron chi connectivity index (χ4n) is 13.2. The fraction of sp³-hybridized carbons (Fsp3) is 0.471. The zero-order valence-corrected chi connectivity index (χ0v) is 48.1. The summed E-state index contributed by atoms with van der Waals surface area (Å²) < 4.78 is 0. The molecule has 3 aliphatic heterocycles. The molecule has 0 amide bonds. The Balaban J connectivity index is 1.36. The topological polar surface area (TPSA) is 9.72 Å². The lowest BCUT2D eigenvalue weighted by Gasteiger charge is -2.55. The number of rotatable bonds is 3. The van der Waals surface area contributed by atoms with Gasteiger partial charge in [0.05, 0.1) is 5.54 Å². The third kappa shape index (κ3) is 7.98. The van der Waals surface area contributed by atoms with Gasteiger partial charge >= 0.3 is 0 Å². The number of hydrogen-bond donors (Lipinski definition) is 0. The standard InChI is InChI=1S/C68H86BN3/c1-61(2,3)43-23-21-25-49(35-43)70-56-38-46(64(10,11)12)27-30-53(56)69-54-31-28-47(65(13,14)15)39-57(54)71(50-26-22-24-44(36-50)62(4,5)6)59-41-51(40-58(70)60(59)69)72-55-32-29-45(63(7,8)9)37-52(55)67(19)42-48(66(16,17)18)33-34-68(67,72)20/h21-32,35-41,48H,33-34,42H2,1-20H3. The molecular formula is C68H86BN3. The summed E-state index contributed by atoms with van der Waals surface area (Å²) in [6.07, 6.45) is 3.48. The maximum Gasteiger partial charge on any atom is 0.252 e. The largest absolute Gasteiger partial charge is 0.334 e. The minimum atomic E-state index is -0.181. The zero-order chi connectivity index (χ0) is 52.3. The number of hydrogen-bond acceptors (Lipinski definition) is 3. The molecule has 3 nitrogen and oxygen atoms in total. The van der Waals surface area contributed by atoms with Crippen LogP contribution >= 0.6 is 0 Å². The van der Waals surface area contributed by atoms with Crippen LogP contribution in [0.3, 0.4) is 0 Å². The fourth-order valence-corrected chi connectivity index (χ4v) is 13.2. The van der Waals surface area contributed by atoms with Gasteiger partial charge in [-0.15, -0.1) is 0 Å². The summed E-state index contributed by atoms with van der Waals surface area (Å²) in [5, 5.41) is 0. The highest BCUT2D eigenvalue weighted by Gasteiger charge is 2.61. The first-order valence-corrected chi connectivity index (χ1v) is 27.5. The highest BCUT2D eigenvalue weighted by atomic mass is 15.3. The maximum atomic E-state index is 2.86. The van der Waals surface area contributed by atoms with Crippen molar-refractivity contribution >= 4 is 68.6 Å². The van der Waals surface area contributed by atoms with E-state index in [1.54, 1.807) is 0 Å². The molecule has 3 atom stereocenters. The molecule has 4 heteroatoms. The first-order chi connectivity index (χ1) is 33.2. The first-order valence-electron chi connectivity index (χ1n) is 27.5.